The van der Waals surface area contributed by atoms with E-state index in [1.54, 1.807) is 17.7 Å². The Morgan fingerprint density at radius 2 is 2.00 bits per heavy atom. The Bertz CT molecular complexity index is 834. The summed E-state index contributed by atoms with van der Waals surface area (Å²) in [5.74, 6) is 0.252. The van der Waals surface area contributed by atoms with Gasteiger partial charge in [-0.15, -0.1) is 0 Å². The summed E-state index contributed by atoms with van der Waals surface area (Å²) in [6.07, 6.45) is 2.27. The van der Waals surface area contributed by atoms with Gasteiger partial charge in [0.05, 0.1) is 31.5 Å². The van der Waals surface area contributed by atoms with Gasteiger partial charge < -0.3 is 19.9 Å². The zero-order valence-corrected chi connectivity index (χ0v) is 16.2. The Labute approximate surface area is 162 Å². The third kappa shape index (κ3) is 3.39. The van der Waals surface area contributed by atoms with Crippen molar-refractivity contribution in [2.45, 2.75) is 19.8 Å². The number of fused-ring (bicyclic) bond motifs is 1. The molecule has 2 saturated heterocycles. The highest BCUT2D eigenvalue weighted by atomic mass is 32.1. The summed E-state index contributed by atoms with van der Waals surface area (Å²) >= 11 is 1.59. The molecule has 0 spiro atoms. The number of hydrogen-bond donors (Lipinski definition) is 2. The van der Waals surface area contributed by atoms with Crippen LogP contribution < -0.4 is 0 Å². The minimum Gasteiger partial charge on any atom is -0.396 e. The molecule has 2 aromatic heterocycles. The number of rotatable bonds is 5. The van der Waals surface area contributed by atoms with Crippen LogP contribution in [-0.4, -0.2) is 69.5 Å². The molecule has 144 valence electrons. The Hall–Kier alpha value is -2.19. The molecule has 7 nitrogen and oxygen atoms in total. The Morgan fingerprint density at radius 3 is 2.52 bits per heavy atom. The van der Waals surface area contributed by atoms with E-state index in [1.807, 2.05) is 33.6 Å². The molecule has 2 aromatic rings. The zero-order chi connectivity index (χ0) is 19.0. The molecule has 0 radical (unpaired) electrons. The SMILES string of the molecule is Cc1[nH]cnc1CC(=O)N1CC2CN(C(=O)Cc3ccsc3)CC2(CO)C1. The van der Waals surface area contributed by atoms with Gasteiger partial charge in [0.1, 0.15) is 0 Å². The van der Waals surface area contributed by atoms with Crippen LogP contribution in [0.2, 0.25) is 0 Å². The smallest absolute Gasteiger partial charge is 0.228 e. The third-order valence-corrected chi connectivity index (χ3v) is 6.70. The number of amides is 2. The molecular weight excluding hydrogens is 364 g/mol. The van der Waals surface area contributed by atoms with E-state index in [2.05, 4.69) is 9.97 Å². The van der Waals surface area contributed by atoms with Crippen molar-refractivity contribution < 1.29 is 14.7 Å². The lowest BCUT2D eigenvalue weighted by molar-refractivity contribution is -0.131. The first-order chi connectivity index (χ1) is 13.0. The van der Waals surface area contributed by atoms with Crippen LogP contribution in [0.4, 0.5) is 0 Å². The molecule has 0 saturated carbocycles. The molecule has 2 atom stereocenters. The first kappa shape index (κ1) is 18.2. The van der Waals surface area contributed by atoms with E-state index in [0.29, 0.717) is 32.6 Å². The molecule has 27 heavy (non-hydrogen) atoms. The number of likely N-dealkylation sites (tertiary alicyclic amines) is 2. The lowest BCUT2D eigenvalue weighted by atomic mass is 9.82. The van der Waals surface area contributed by atoms with Gasteiger partial charge >= 0.3 is 0 Å². The van der Waals surface area contributed by atoms with E-state index in [1.165, 1.54) is 0 Å². The highest BCUT2D eigenvalue weighted by Crippen LogP contribution is 2.42. The summed E-state index contributed by atoms with van der Waals surface area (Å²) in [5, 5.41) is 14.1. The number of aryl methyl sites for hydroxylation is 1. The fourth-order valence-electron chi connectivity index (χ4n) is 4.28. The Kier molecular flexibility index (Phi) is 4.77. The number of imidazole rings is 1. The predicted molar refractivity (Wildman–Crippen MR) is 101 cm³/mol. The average molecular weight is 388 g/mol. The molecule has 0 aliphatic carbocycles. The summed E-state index contributed by atoms with van der Waals surface area (Å²) < 4.78 is 0. The summed E-state index contributed by atoms with van der Waals surface area (Å²) in [7, 11) is 0. The number of hydrogen-bond acceptors (Lipinski definition) is 5. The number of thiophene rings is 1. The van der Waals surface area contributed by atoms with Gasteiger partial charge in [-0.05, 0) is 29.3 Å². The molecule has 2 fully saturated rings. The van der Waals surface area contributed by atoms with Crippen LogP contribution in [0.25, 0.3) is 0 Å². The van der Waals surface area contributed by atoms with Crippen molar-refractivity contribution >= 4 is 23.2 Å². The fraction of sp³-hybridized carbons (Fsp3) is 0.526. The van der Waals surface area contributed by atoms with Crippen LogP contribution in [0.1, 0.15) is 17.0 Å². The van der Waals surface area contributed by atoms with Crippen molar-refractivity contribution in [3.63, 3.8) is 0 Å². The number of carbonyl (C=O) groups is 2. The second kappa shape index (κ2) is 7.09. The van der Waals surface area contributed by atoms with Crippen molar-refractivity contribution in [2.24, 2.45) is 11.3 Å². The standard InChI is InChI=1S/C19H24N4O3S/c1-13-16(21-12-20-13)5-18(26)23-7-15-6-22(9-19(15,10-23)11-24)17(25)4-14-2-3-27-8-14/h2-3,8,12,15,24H,4-7,9-11H2,1H3,(H,20,21). The van der Waals surface area contributed by atoms with Gasteiger partial charge in [0, 0.05) is 43.2 Å². The van der Waals surface area contributed by atoms with Gasteiger partial charge in [0.15, 0.2) is 0 Å². The average Bonchev–Trinajstić information content (AvgIpc) is 3.39. The number of carbonyl (C=O) groups excluding carboxylic acids is 2. The van der Waals surface area contributed by atoms with E-state index in [-0.39, 0.29) is 30.8 Å². The number of aliphatic hydroxyl groups excluding tert-OH is 1. The van der Waals surface area contributed by atoms with E-state index >= 15 is 0 Å². The van der Waals surface area contributed by atoms with Crippen molar-refractivity contribution in [1.29, 1.82) is 0 Å². The molecule has 2 amide bonds. The maximum atomic E-state index is 12.7. The topological polar surface area (TPSA) is 89.5 Å². The molecular formula is C19H24N4O3S. The van der Waals surface area contributed by atoms with E-state index in [0.717, 1.165) is 17.0 Å². The van der Waals surface area contributed by atoms with Crippen LogP contribution in [0, 0.1) is 18.3 Å². The summed E-state index contributed by atoms with van der Waals surface area (Å²) in [4.78, 5) is 36.2. The molecule has 2 aliphatic rings. The van der Waals surface area contributed by atoms with Gasteiger partial charge in [0.2, 0.25) is 11.8 Å². The molecule has 0 aromatic carbocycles. The number of nitrogens with one attached hydrogen (secondary N) is 1. The summed E-state index contributed by atoms with van der Waals surface area (Å²) in [5.41, 5.74) is 2.31. The van der Waals surface area contributed by atoms with Crippen LogP contribution in [0.5, 0.6) is 0 Å². The highest BCUT2D eigenvalue weighted by molar-refractivity contribution is 7.08. The maximum absolute atomic E-state index is 12.7. The van der Waals surface area contributed by atoms with Gasteiger partial charge in [-0.2, -0.15) is 11.3 Å². The van der Waals surface area contributed by atoms with Crippen LogP contribution in [0.15, 0.2) is 23.2 Å². The Balaban J connectivity index is 1.40. The first-order valence-corrected chi connectivity index (χ1v) is 10.1. The second-order valence-electron chi connectivity index (χ2n) is 7.73. The molecule has 2 unspecified atom stereocenters. The number of H-pyrrole nitrogens is 1. The van der Waals surface area contributed by atoms with Gasteiger partial charge in [-0.1, -0.05) is 0 Å². The minimum absolute atomic E-state index is 0.00882. The lowest BCUT2D eigenvalue weighted by Crippen LogP contribution is -2.41. The van der Waals surface area contributed by atoms with Gasteiger partial charge in [-0.3, -0.25) is 9.59 Å². The normalized spacial score (nSPS) is 24.4. The molecule has 8 heteroatoms. The molecule has 4 rings (SSSR count). The van der Waals surface area contributed by atoms with Gasteiger partial charge in [0.25, 0.3) is 0 Å². The van der Waals surface area contributed by atoms with E-state index < -0.39 is 5.41 Å². The van der Waals surface area contributed by atoms with Crippen LogP contribution >= 0.6 is 11.3 Å². The van der Waals surface area contributed by atoms with Crippen molar-refractivity contribution in [1.82, 2.24) is 19.8 Å². The van der Waals surface area contributed by atoms with Crippen LogP contribution in [0.3, 0.4) is 0 Å². The second-order valence-corrected chi connectivity index (χ2v) is 8.51. The number of aromatic amines is 1. The molecule has 2 N–H and O–H groups in total. The zero-order valence-electron chi connectivity index (χ0n) is 15.4. The lowest BCUT2D eigenvalue weighted by Gasteiger charge is -2.27. The van der Waals surface area contributed by atoms with E-state index in [9.17, 15) is 14.7 Å². The van der Waals surface area contributed by atoms with E-state index in [4.69, 9.17) is 0 Å². The summed E-state index contributed by atoms with van der Waals surface area (Å²) in [6.45, 7) is 4.10. The maximum Gasteiger partial charge on any atom is 0.228 e. The third-order valence-electron chi connectivity index (χ3n) is 5.97. The van der Waals surface area contributed by atoms with Gasteiger partial charge in [-0.25, -0.2) is 4.98 Å². The molecule has 2 aliphatic heterocycles. The number of nitrogens with zero attached hydrogens (tertiary/aromatic N) is 3. The minimum atomic E-state index is -0.402. The summed E-state index contributed by atoms with van der Waals surface area (Å²) in [6, 6.07) is 1.97. The monoisotopic (exact) mass is 388 g/mol. The molecule has 4 heterocycles. The quantitative estimate of drug-likeness (QED) is 0.795. The van der Waals surface area contributed by atoms with Crippen molar-refractivity contribution in [3.05, 3.63) is 40.1 Å². The van der Waals surface area contributed by atoms with Crippen molar-refractivity contribution in [2.75, 3.05) is 32.8 Å². The van der Waals surface area contributed by atoms with Crippen LogP contribution in [-0.2, 0) is 22.4 Å². The van der Waals surface area contributed by atoms with Crippen molar-refractivity contribution in [3.8, 4) is 0 Å². The number of aromatic nitrogens is 2. The fourth-order valence-corrected chi connectivity index (χ4v) is 4.95. The predicted octanol–water partition coefficient (Wildman–Crippen LogP) is 0.844. The number of aliphatic hydroxyl groups is 1. The largest absolute Gasteiger partial charge is 0.396 e. The molecule has 0 bridgehead atoms. The highest BCUT2D eigenvalue weighted by Gasteiger charge is 2.54. The Morgan fingerprint density at radius 1 is 1.30 bits per heavy atom. The first-order valence-electron chi connectivity index (χ1n) is 9.17.